The molecule has 0 aliphatic carbocycles. The molecule has 0 radical (unpaired) electrons. The molecule has 0 fully saturated rings. The van der Waals surface area contributed by atoms with Crippen LogP contribution in [0.5, 0.6) is 0 Å². The highest BCUT2D eigenvalue weighted by molar-refractivity contribution is 7.89. The first-order valence-corrected chi connectivity index (χ1v) is 12.9. The molecule has 0 saturated carbocycles. The van der Waals surface area contributed by atoms with Crippen molar-refractivity contribution < 1.29 is 26.8 Å². The van der Waals surface area contributed by atoms with Gasteiger partial charge in [-0.05, 0) is 54.3 Å². The van der Waals surface area contributed by atoms with Crippen LogP contribution in [0.1, 0.15) is 24.5 Å². The molecule has 3 aromatic rings. The van der Waals surface area contributed by atoms with E-state index in [-0.39, 0.29) is 22.9 Å². The summed E-state index contributed by atoms with van der Waals surface area (Å²) in [4.78, 5) is 26.8. The summed E-state index contributed by atoms with van der Waals surface area (Å²) < 4.78 is 56.4. The normalized spacial score (nSPS) is 13.8. The molecule has 1 atom stereocenters. The Hall–Kier alpha value is -3.63. The third kappa shape index (κ3) is 5.60. The fraction of sp³-hybridized carbons (Fsp3) is 0.231. The number of carbonyl (C=O) groups is 2. The van der Waals surface area contributed by atoms with Crippen LogP contribution in [-0.4, -0.2) is 32.8 Å². The number of fused-ring (bicyclic) bond motifs is 1. The van der Waals surface area contributed by atoms with Crippen LogP contribution < -0.4 is 14.9 Å². The largest absolute Gasteiger partial charge is 0.322 e. The number of rotatable bonds is 8. The van der Waals surface area contributed by atoms with Gasteiger partial charge in [0.25, 0.3) is 0 Å². The fourth-order valence-electron chi connectivity index (χ4n) is 4.10. The third-order valence-corrected chi connectivity index (χ3v) is 7.42. The molecule has 0 spiro atoms. The van der Waals surface area contributed by atoms with E-state index < -0.39 is 33.6 Å². The number of sulfonamides is 1. The minimum absolute atomic E-state index is 0.00155. The van der Waals surface area contributed by atoms with Gasteiger partial charge in [0.1, 0.15) is 17.7 Å². The SMILES string of the molecule is CCC(=O)N1CCc2cc(S(=O)(=O)N[C@@H](Cc3ccccc3)C(=O)Nc3ccc(F)cc3F)ccc21. The molecule has 0 bridgehead atoms. The van der Waals surface area contributed by atoms with Crippen molar-refractivity contribution >= 4 is 33.2 Å². The highest BCUT2D eigenvalue weighted by Gasteiger charge is 2.29. The first-order valence-electron chi connectivity index (χ1n) is 11.4. The lowest BCUT2D eigenvalue weighted by molar-refractivity contribution is -0.118. The monoisotopic (exact) mass is 513 g/mol. The van der Waals surface area contributed by atoms with E-state index in [1.807, 2.05) is 0 Å². The minimum Gasteiger partial charge on any atom is -0.322 e. The highest BCUT2D eigenvalue weighted by Crippen LogP contribution is 2.31. The van der Waals surface area contributed by atoms with E-state index in [1.165, 1.54) is 12.1 Å². The molecule has 4 rings (SSSR count). The quantitative estimate of drug-likeness (QED) is 0.479. The van der Waals surface area contributed by atoms with Gasteiger partial charge in [-0.1, -0.05) is 37.3 Å². The lowest BCUT2D eigenvalue weighted by Gasteiger charge is -2.20. The summed E-state index contributed by atoms with van der Waals surface area (Å²) in [6.45, 7) is 2.24. The van der Waals surface area contributed by atoms with Crippen LogP contribution in [-0.2, 0) is 32.5 Å². The van der Waals surface area contributed by atoms with Crippen molar-refractivity contribution in [1.82, 2.24) is 4.72 Å². The number of benzene rings is 3. The lowest BCUT2D eigenvalue weighted by Crippen LogP contribution is -2.45. The zero-order chi connectivity index (χ0) is 25.9. The van der Waals surface area contributed by atoms with Crippen LogP contribution in [0, 0.1) is 11.6 Å². The van der Waals surface area contributed by atoms with Gasteiger partial charge in [0, 0.05) is 24.7 Å². The van der Waals surface area contributed by atoms with Gasteiger partial charge in [0.2, 0.25) is 21.8 Å². The van der Waals surface area contributed by atoms with E-state index in [0.717, 1.165) is 17.7 Å². The Bertz CT molecular complexity index is 1400. The second kappa shape index (κ2) is 10.5. The van der Waals surface area contributed by atoms with E-state index in [1.54, 1.807) is 48.2 Å². The smallest absolute Gasteiger partial charge is 0.242 e. The second-order valence-corrected chi connectivity index (χ2v) is 10.1. The van der Waals surface area contributed by atoms with Crippen LogP contribution in [0.25, 0.3) is 0 Å². The number of hydrogen-bond acceptors (Lipinski definition) is 4. The first-order chi connectivity index (χ1) is 17.2. The Labute approximate surface area is 208 Å². The second-order valence-electron chi connectivity index (χ2n) is 8.42. The number of nitrogens with one attached hydrogen (secondary N) is 2. The van der Waals surface area contributed by atoms with Crippen molar-refractivity contribution in [3.63, 3.8) is 0 Å². The number of halogens is 2. The van der Waals surface area contributed by atoms with Crippen molar-refractivity contribution in [3.8, 4) is 0 Å². The van der Waals surface area contributed by atoms with Crippen molar-refractivity contribution in [3.05, 3.63) is 89.5 Å². The number of nitrogens with zero attached hydrogens (tertiary/aromatic N) is 1. The summed E-state index contributed by atoms with van der Waals surface area (Å²) in [6, 6.07) is 14.6. The Kier molecular flexibility index (Phi) is 7.46. The zero-order valence-electron chi connectivity index (χ0n) is 19.5. The molecule has 2 amide bonds. The summed E-state index contributed by atoms with van der Waals surface area (Å²) >= 11 is 0. The molecular formula is C26H25F2N3O4S. The standard InChI is InChI=1S/C26H25F2N3O4S/c1-2-25(32)31-13-12-18-15-20(9-11-24(18)31)36(34,35)30-23(14-17-6-4-3-5-7-17)26(33)29-22-10-8-19(27)16-21(22)28/h3-11,15-16,23,30H,2,12-14H2,1H3,(H,29,33)/t23-/m0/s1. The highest BCUT2D eigenvalue weighted by atomic mass is 32.2. The van der Waals surface area contributed by atoms with E-state index in [0.29, 0.717) is 36.7 Å². The van der Waals surface area contributed by atoms with Gasteiger partial charge < -0.3 is 10.2 Å². The molecule has 0 aromatic heterocycles. The lowest BCUT2D eigenvalue weighted by atomic mass is 10.1. The number of anilines is 2. The predicted octanol–water partition coefficient (Wildman–Crippen LogP) is 3.79. The van der Waals surface area contributed by atoms with E-state index in [2.05, 4.69) is 10.0 Å². The minimum atomic E-state index is -4.17. The van der Waals surface area contributed by atoms with Gasteiger partial charge in [-0.2, -0.15) is 4.72 Å². The number of amides is 2. The average molecular weight is 514 g/mol. The molecule has 36 heavy (non-hydrogen) atoms. The van der Waals surface area contributed by atoms with E-state index in [9.17, 15) is 26.8 Å². The van der Waals surface area contributed by atoms with E-state index in [4.69, 9.17) is 0 Å². The van der Waals surface area contributed by atoms with Gasteiger partial charge in [-0.15, -0.1) is 0 Å². The van der Waals surface area contributed by atoms with Crippen LogP contribution in [0.15, 0.2) is 71.6 Å². The molecule has 1 heterocycles. The molecular weight excluding hydrogens is 488 g/mol. The Morgan fingerprint density at radius 1 is 1.03 bits per heavy atom. The van der Waals surface area contributed by atoms with Crippen molar-refractivity contribution in [2.75, 3.05) is 16.8 Å². The topological polar surface area (TPSA) is 95.6 Å². The maximum Gasteiger partial charge on any atom is 0.242 e. The van der Waals surface area contributed by atoms with Gasteiger partial charge in [0.15, 0.2) is 0 Å². The molecule has 2 N–H and O–H groups in total. The van der Waals surface area contributed by atoms with Crippen molar-refractivity contribution in [2.24, 2.45) is 0 Å². The maximum absolute atomic E-state index is 14.1. The third-order valence-electron chi connectivity index (χ3n) is 5.95. The molecule has 1 aliphatic rings. The van der Waals surface area contributed by atoms with Crippen molar-refractivity contribution in [1.29, 1.82) is 0 Å². The number of carbonyl (C=O) groups excluding carboxylic acids is 2. The summed E-state index contributed by atoms with van der Waals surface area (Å²) in [6.07, 6.45) is 0.854. The average Bonchev–Trinajstić information content (AvgIpc) is 3.29. The molecule has 10 heteroatoms. The summed E-state index contributed by atoms with van der Waals surface area (Å²) in [5.74, 6) is -2.62. The Morgan fingerprint density at radius 2 is 1.78 bits per heavy atom. The maximum atomic E-state index is 14.1. The molecule has 0 unspecified atom stereocenters. The number of hydrogen-bond donors (Lipinski definition) is 2. The van der Waals surface area contributed by atoms with Crippen LogP contribution >= 0.6 is 0 Å². The van der Waals surface area contributed by atoms with Gasteiger partial charge in [-0.3, -0.25) is 9.59 Å². The molecule has 0 saturated heterocycles. The van der Waals surface area contributed by atoms with Crippen LogP contribution in [0.2, 0.25) is 0 Å². The van der Waals surface area contributed by atoms with Crippen molar-refractivity contribution in [2.45, 2.75) is 37.1 Å². The molecule has 7 nitrogen and oxygen atoms in total. The Morgan fingerprint density at radius 3 is 2.47 bits per heavy atom. The zero-order valence-corrected chi connectivity index (χ0v) is 20.3. The molecule has 1 aliphatic heterocycles. The van der Waals surface area contributed by atoms with Crippen LogP contribution in [0.3, 0.4) is 0 Å². The molecule has 3 aromatic carbocycles. The molecule has 188 valence electrons. The fourth-order valence-corrected chi connectivity index (χ4v) is 5.34. The summed E-state index contributed by atoms with van der Waals surface area (Å²) in [5.41, 5.74) is 1.81. The Balaban J connectivity index is 1.60. The summed E-state index contributed by atoms with van der Waals surface area (Å²) in [5, 5.41) is 2.35. The van der Waals surface area contributed by atoms with E-state index >= 15 is 0 Å². The predicted molar refractivity (Wildman–Crippen MR) is 132 cm³/mol. The van der Waals surface area contributed by atoms with Gasteiger partial charge in [0.05, 0.1) is 10.6 Å². The van der Waals surface area contributed by atoms with Crippen LogP contribution in [0.4, 0.5) is 20.2 Å². The summed E-state index contributed by atoms with van der Waals surface area (Å²) in [7, 11) is -4.17. The van der Waals surface area contributed by atoms with Gasteiger partial charge >= 0.3 is 0 Å². The van der Waals surface area contributed by atoms with Gasteiger partial charge in [-0.25, -0.2) is 17.2 Å². The first kappa shape index (κ1) is 25.5.